The summed E-state index contributed by atoms with van der Waals surface area (Å²) >= 11 is 0. The average molecular weight is 285 g/mol. The number of nitrogen functional groups attached to an aromatic ring is 1. The molecule has 0 aromatic heterocycles. The van der Waals surface area contributed by atoms with E-state index in [1.807, 2.05) is 37.3 Å². The third-order valence-corrected chi connectivity index (χ3v) is 3.07. The van der Waals surface area contributed by atoms with Crippen molar-refractivity contribution in [3.63, 3.8) is 0 Å². The van der Waals surface area contributed by atoms with Gasteiger partial charge in [0.15, 0.2) is 0 Å². The normalized spacial score (nSPS) is 11.7. The van der Waals surface area contributed by atoms with Crippen molar-refractivity contribution >= 4 is 11.7 Å². The molecule has 0 heterocycles. The molecule has 0 saturated heterocycles. The molecule has 0 aliphatic rings. The molecule has 110 valence electrons. The molecule has 0 spiro atoms. The number of anilines is 1. The maximum Gasteiger partial charge on any atom is 0.341 e. The van der Waals surface area contributed by atoms with E-state index in [4.69, 9.17) is 15.2 Å². The first-order chi connectivity index (χ1) is 10.1. The lowest BCUT2D eigenvalue weighted by atomic mass is 10.1. The monoisotopic (exact) mass is 285 g/mol. The van der Waals surface area contributed by atoms with E-state index in [-0.39, 0.29) is 6.10 Å². The van der Waals surface area contributed by atoms with Crippen LogP contribution in [0.5, 0.6) is 5.75 Å². The summed E-state index contributed by atoms with van der Waals surface area (Å²) < 4.78 is 10.9. The number of rotatable bonds is 5. The van der Waals surface area contributed by atoms with E-state index in [0.717, 1.165) is 5.56 Å². The summed E-state index contributed by atoms with van der Waals surface area (Å²) in [5.74, 6) is 0.0408. The highest BCUT2D eigenvalue weighted by molar-refractivity contribution is 5.93. The highest BCUT2D eigenvalue weighted by Gasteiger charge is 2.17. The topological polar surface area (TPSA) is 61.5 Å². The first kappa shape index (κ1) is 14.9. The Morgan fingerprint density at radius 2 is 1.90 bits per heavy atom. The molecular weight excluding hydrogens is 266 g/mol. The number of ether oxygens (including phenoxy) is 2. The first-order valence-electron chi connectivity index (χ1n) is 6.90. The number of nitrogens with two attached hydrogens (primary N) is 1. The summed E-state index contributed by atoms with van der Waals surface area (Å²) in [4.78, 5) is 12.0. The molecule has 4 heteroatoms. The molecule has 1 unspecified atom stereocenters. The van der Waals surface area contributed by atoms with Crippen LogP contribution in [0, 0.1) is 0 Å². The molecular formula is C17H19NO3. The maximum atomic E-state index is 12.0. The number of benzene rings is 2. The summed E-state index contributed by atoms with van der Waals surface area (Å²) in [5.41, 5.74) is 7.62. The SMILES string of the molecule is CCOC(=O)c1cc(N)ccc1OC(C)c1ccccc1. The van der Waals surface area contributed by atoms with Crippen LogP contribution >= 0.6 is 0 Å². The van der Waals surface area contributed by atoms with Crippen molar-refractivity contribution in [2.45, 2.75) is 20.0 Å². The smallest absolute Gasteiger partial charge is 0.341 e. The summed E-state index contributed by atoms with van der Waals surface area (Å²) in [6.07, 6.45) is -0.178. The molecule has 1 atom stereocenters. The van der Waals surface area contributed by atoms with Crippen molar-refractivity contribution in [3.8, 4) is 5.75 Å². The number of esters is 1. The molecule has 0 bridgehead atoms. The molecule has 0 aliphatic heterocycles. The van der Waals surface area contributed by atoms with Gasteiger partial charge in [0.1, 0.15) is 17.4 Å². The fourth-order valence-corrected chi connectivity index (χ4v) is 2.00. The summed E-state index contributed by atoms with van der Waals surface area (Å²) in [6, 6.07) is 14.8. The number of hydrogen-bond acceptors (Lipinski definition) is 4. The Morgan fingerprint density at radius 1 is 1.19 bits per heavy atom. The lowest BCUT2D eigenvalue weighted by Crippen LogP contribution is -2.10. The third kappa shape index (κ3) is 3.75. The predicted octanol–water partition coefficient (Wildman–Crippen LogP) is 3.59. The molecule has 0 fully saturated rings. The molecule has 2 rings (SSSR count). The predicted molar refractivity (Wildman–Crippen MR) is 82.3 cm³/mol. The van der Waals surface area contributed by atoms with Crippen LogP contribution in [0.3, 0.4) is 0 Å². The molecule has 0 aliphatic carbocycles. The van der Waals surface area contributed by atoms with Crippen LogP contribution in [0.25, 0.3) is 0 Å². The second kappa shape index (κ2) is 6.79. The van der Waals surface area contributed by atoms with Crippen LogP contribution in [0.4, 0.5) is 5.69 Å². The molecule has 21 heavy (non-hydrogen) atoms. The van der Waals surface area contributed by atoms with Gasteiger partial charge >= 0.3 is 5.97 Å². The molecule has 2 aromatic carbocycles. The average Bonchev–Trinajstić information content (AvgIpc) is 2.50. The highest BCUT2D eigenvalue weighted by Crippen LogP contribution is 2.27. The van der Waals surface area contributed by atoms with Crippen molar-refractivity contribution in [2.75, 3.05) is 12.3 Å². The van der Waals surface area contributed by atoms with Gasteiger partial charge in [0.05, 0.1) is 6.61 Å². The zero-order valence-corrected chi connectivity index (χ0v) is 12.2. The van der Waals surface area contributed by atoms with Crippen LogP contribution in [0.2, 0.25) is 0 Å². The van der Waals surface area contributed by atoms with Crippen LogP contribution in [-0.4, -0.2) is 12.6 Å². The van der Waals surface area contributed by atoms with Gasteiger partial charge in [0.25, 0.3) is 0 Å². The Balaban J connectivity index is 2.25. The quantitative estimate of drug-likeness (QED) is 0.673. The van der Waals surface area contributed by atoms with E-state index >= 15 is 0 Å². The Kier molecular flexibility index (Phi) is 4.82. The van der Waals surface area contributed by atoms with Crippen molar-refractivity contribution in [1.29, 1.82) is 0 Å². The Morgan fingerprint density at radius 3 is 2.57 bits per heavy atom. The molecule has 0 amide bonds. The zero-order chi connectivity index (χ0) is 15.2. The minimum absolute atomic E-state index is 0.178. The second-order valence-corrected chi connectivity index (χ2v) is 4.65. The maximum absolute atomic E-state index is 12.0. The zero-order valence-electron chi connectivity index (χ0n) is 12.2. The van der Waals surface area contributed by atoms with Gasteiger partial charge in [-0.05, 0) is 37.6 Å². The molecule has 0 radical (unpaired) electrons. The van der Waals surface area contributed by atoms with Crippen LogP contribution < -0.4 is 10.5 Å². The fourth-order valence-electron chi connectivity index (χ4n) is 2.00. The molecule has 2 N–H and O–H groups in total. The van der Waals surface area contributed by atoms with E-state index in [2.05, 4.69) is 0 Å². The van der Waals surface area contributed by atoms with Gasteiger partial charge in [-0.25, -0.2) is 4.79 Å². The van der Waals surface area contributed by atoms with E-state index in [1.54, 1.807) is 25.1 Å². The minimum atomic E-state index is -0.430. The summed E-state index contributed by atoms with van der Waals surface area (Å²) in [6.45, 7) is 4.00. The van der Waals surface area contributed by atoms with Gasteiger partial charge in [0.2, 0.25) is 0 Å². The summed E-state index contributed by atoms with van der Waals surface area (Å²) in [5, 5.41) is 0. The lowest BCUT2D eigenvalue weighted by molar-refractivity contribution is 0.0519. The fraction of sp³-hybridized carbons (Fsp3) is 0.235. The first-order valence-corrected chi connectivity index (χ1v) is 6.90. The van der Waals surface area contributed by atoms with Crippen LogP contribution in [-0.2, 0) is 4.74 Å². The Labute approximate surface area is 124 Å². The van der Waals surface area contributed by atoms with Gasteiger partial charge in [-0.2, -0.15) is 0 Å². The summed E-state index contributed by atoms with van der Waals surface area (Å²) in [7, 11) is 0. The number of hydrogen-bond donors (Lipinski definition) is 1. The molecule has 4 nitrogen and oxygen atoms in total. The van der Waals surface area contributed by atoms with Crippen molar-refractivity contribution < 1.29 is 14.3 Å². The standard InChI is InChI=1S/C17H19NO3/c1-3-20-17(19)15-11-14(18)9-10-16(15)21-12(2)13-7-5-4-6-8-13/h4-12H,3,18H2,1-2H3. The van der Waals surface area contributed by atoms with Gasteiger partial charge < -0.3 is 15.2 Å². The number of carbonyl (C=O) groups excluding carboxylic acids is 1. The minimum Gasteiger partial charge on any atom is -0.485 e. The second-order valence-electron chi connectivity index (χ2n) is 4.65. The van der Waals surface area contributed by atoms with Gasteiger partial charge in [-0.3, -0.25) is 0 Å². The van der Waals surface area contributed by atoms with Crippen molar-refractivity contribution in [3.05, 3.63) is 59.7 Å². The van der Waals surface area contributed by atoms with E-state index < -0.39 is 5.97 Å². The molecule has 2 aromatic rings. The van der Waals surface area contributed by atoms with E-state index in [0.29, 0.717) is 23.6 Å². The van der Waals surface area contributed by atoms with Gasteiger partial charge in [-0.1, -0.05) is 30.3 Å². The van der Waals surface area contributed by atoms with Gasteiger partial charge in [-0.15, -0.1) is 0 Å². The van der Waals surface area contributed by atoms with Gasteiger partial charge in [0, 0.05) is 5.69 Å². The van der Waals surface area contributed by atoms with E-state index in [9.17, 15) is 4.79 Å². The third-order valence-electron chi connectivity index (χ3n) is 3.07. The van der Waals surface area contributed by atoms with Crippen molar-refractivity contribution in [2.24, 2.45) is 0 Å². The molecule has 0 saturated carbocycles. The highest BCUT2D eigenvalue weighted by atomic mass is 16.5. The van der Waals surface area contributed by atoms with Crippen LogP contribution in [0.15, 0.2) is 48.5 Å². The lowest BCUT2D eigenvalue weighted by Gasteiger charge is -2.17. The Bertz CT molecular complexity index is 611. The Hall–Kier alpha value is -2.49. The van der Waals surface area contributed by atoms with Crippen molar-refractivity contribution in [1.82, 2.24) is 0 Å². The number of carbonyl (C=O) groups is 1. The van der Waals surface area contributed by atoms with Crippen LogP contribution in [0.1, 0.15) is 35.9 Å². The van der Waals surface area contributed by atoms with E-state index in [1.165, 1.54) is 0 Å². The largest absolute Gasteiger partial charge is 0.485 e.